The molecule has 0 aliphatic rings. The number of hydrogen-bond acceptors (Lipinski definition) is 7. The second-order valence-corrected chi connectivity index (χ2v) is 25.1. The molecule has 0 aromatic carbocycles. The Hall–Kier alpha value is -5.61. The summed E-state index contributed by atoms with van der Waals surface area (Å²) in [6.45, 7) is 4.62. The summed E-state index contributed by atoms with van der Waals surface area (Å²) in [5, 5.41) is 9.76. The zero-order chi connectivity index (χ0) is 67.5. The van der Waals surface area contributed by atoms with Crippen molar-refractivity contribution in [1.82, 2.24) is 0 Å². The van der Waals surface area contributed by atoms with Gasteiger partial charge >= 0.3 is 17.9 Å². The number of carboxylic acid groups (broad SMARTS) is 1. The Morgan fingerprint density at radius 2 is 0.581 bits per heavy atom. The van der Waals surface area contributed by atoms with E-state index in [0.717, 1.165) is 148 Å². The lowest BCUT2D eigenvalue weighted by atomic mass is 10.0. The average Bonchev–Trinajstić information content (AvgIpc) is 3.38. The van der Waals surface area contributed by atoms with Gasteiger partial charge in [-0.1, -0.05) is 305 Å². The van der Waals surface area contributed by atoms with Gasteiger partial charge in [-0.2, -0.15) is 0 Å². The van der Waals surface area contributed by atoms with Crippen molar-refractivity contribution >= 4 is 17.9 Å². The fourth-order valence-corrected chi connectivity index (χ4v) is 9.60. The molecule has 1 N–H and O–H groups in total. The van der Waals surface area contributed by atoms with Crippen molar-refractivity contribution in [3.8, 4) is 0 Å². The van der Waals surface area contributed by atoms with E-state index in [1.54, 1.807) is 0 Å². The third-order valence-electron chi connectivity index (χ3n) is 15.2. The van der Waals surface area contributed by atoms with Gasteiger partial charge < -0.3 is 28.5 Å². The van der Waals surface area contributed by atoms with E-state index in [2.05, 4.69) is 196 Å². The van der Waals surface area contributed by atoms with E-state index in [0.29, 0.717) is 17.4 Å². The smallest absolute Gasteiger partial charge is 0.361 e. The number of carboxylic acids is 1. The number of quaternary nitrogens is 1. The van der Waals surface area contributed by atoms with Crippen LogP contribution in [0.25, 0.3) is 0 Å². The van der Waals surface area contributed by atoms with Crippen molar-refractivity contribution in [1.29, 1.82) is 0 Å². The standard InChI is InChI=1S/C84H135NO8/c1-6-8-10-12-14-16-18-20-22-24-26-28-30-32-34-36-37-38-39-40-41-42-43-44-45-47-49-51-53-55-57-59-61-63-65-67-69-71-73-75-82(87)93-80(79-92-84(83(88)89)90-77-76-85(3,4)5)78-91-81(86)74-72-70-68-66-64-62-60-58-56-54-52-50-48-46-35-33-31-29-27-25-23-21-19-17-15-13-11-9-7-2/h8-11,14-17,20-23,26-29,32,34,37-38,40-41,43-44,47,49,53,55,59,61,80,84H,6-7,12-13,18-19,24-25,30-31,33,35-36,39,42,45-46,48,50-52,54,56-58,60,62-79H2,1-5H3/p+1/b10-8-,11-9-,16-14-,17-15-,22-20-,23-21-,28-26-,29-27-,34-32-,38-37-,41-40-,44-43-,49-47-,55-53-,61-59-. The van der Waals surface area contributed by atoms with Crippen molar-refractivity contribution in [3.63, 3.8) is 0 Å². The van der Waals surface area contributed by atoms with Gasteiger partial charge in [0.1, 0.15) is 13.2 Å². The van der Waals surface area contributed by atoms with Crippen LogP contribution in [-0.4, -0.2) is 87.4 Å². The molecule has 0 spiro atoms. The number of nitrogens with zero attached hydrogens (tertiary/aromatic N) is 1. The quantitative estimate of drug-likeness (QED) is 0.0211. The molecule has 0 aliphatic heterocycles. The molecule has 0 radical (unpaired) electrons. The van der Waals surface area contributed by atoms with Crippen LogP contribution in [0.3, 0.4) is 0 Å². The van der Waals surface area contributed by atoms with Crippen molar-refractivity contribution in [3.05, 3.63) is 182 Å². The molecule has 0 aromatic rings. The zero-order valence-electron chi connectivity index (χ0n) is 59.8. The molecule has 9 nitrogen and oxygen atoms in total. The maximum Gasteiger partial charge on any atom is 0.361 e. The van der Waals surface area contributed by atoms with Crippen LogP contribution in [0.4, 0.5) is 0 Å². The minimum Gasteiger partial charge on any atom is -0.477 e. The normalized spacial score (nSPS) is 13.8. The highest BCUT2D eigenvalue weighted by Gasteiger charge is 2.25. The average molecular weight is 1290 g/mol. The molecule has 0 rings (SSSR count). The van der Waals surface area contributed by atoms with E-state index in [1.807, 2.05) is 21.1 Å². The Bertz CT molecular complexity index is 2190. The first kappa shape index (κ1) is 87.4. The lowest BCUT2D eigenvalue weighted by Gasteiger charge is -2.25. The second kappa shape index (κ2) is 72.2. The van der Waals surface area contributed by atoms with E-state index >= 15 is 0 Å². The Labute approximate surface area is 570 Å². The number of hydrogen-bond donors (Lipinski definition) is 1. The van der Waals surface area contributed by atoms with E-state index in [4.69, 9.17) is 18.9 Å². The summed E-state index contributed by atoms with van der Waals surface area (Å²) in [5.74, 6) is -2.04. The molecule has 9 heteroatoms. The van der Waals surface area contributed by atoms with Gasteiger partial charge in [0, 0.05) is 12.8 Å². The molecular weight excluding hydrogens is 1150 g/mol. The highest BCUT2D eigenvalue weighted by atomic mass is 16.7. The number of carbonyl (C=O) groups excluding carboxylic acids is 2. The predicted molar refractivity (Wildman–Crippen MR) is 400 cm³/mol. The lowest BCUT2D eigenvalue weighted by molar-refractivity contribution is -0.870. The van der Waals surface area contributed by atoms with Crippen molar-refractivity contribution in [2.45, 2.75) is 283 Å². The number of aliphatic carboxylic acids is 1. The van der Waals surface area contributed by atoms with E-state index in [-0.39, 0.29) is 38.6 Å². The molecule has 93 heavy (non-hydrogen) atoms. The topological polar surface area (TPSA) is 108 Å². The maximum absolute atomic E-state index is 13.0. The van der Waals surface area contributed by atoms with Crippen LogP contribution >= 0.6 is 0 Å². The number of esters is 2. The molecule has 0 fully saturated rings. The molecule has 0 bridgehead atoms. The summed E-state index contributed by atoms with van der Waals surface area (Å²) >= 11 is 0. The molecule has 0 aromatic heterocycles. The first-order valence-electron chi connectivity index (χ1n) is 36.9. The fraction of sp³-hybridized carbons (Fsp3) is 0.607. The fourth-order valence-electron chi connectivity index (χ4n) is 9.60. The van der Waals surface area contributed by atoms with Crippen LogP contribution in [0.5, 0.6) is 0 Å². The Morgan fingerprint density at radius 3 is 0.860 bits per heavy atom. The van der Waals surface area contributed by atoms with Crippen molar-refractivity contribution in [2.24, 2.45) is 0 Å². The Morgan fingerprint density at radius 1 is 0.323 bits per heavy atom. The first-order valence-corrected chi connectivity index (χ1v) is 36.9. The number of likely N-dealkylation sites (N-methyl/N-ethyl adjacent to an activating group) is 1. The largest absolute Gasteiger partial charge is 0.477 e. The number of allylic oxidation sites excluding steroid dienone is 30. The second-order valence-electron chi connectivity index (χ2n) is 25.1. The molecule has 0 amide bonds. The molecule has 0 heterocycles. The van der Waals surface area contributed by atoms with Crippen LogP contribution in [0.2, 0.25) is 0 Å². The number of carbonyl (C=O) groups is 3. The molecule has 0 saturated heterocycles. The predicted octanol–water partition coefficient (Wildman–Crippen LogP) is 23.6. The molecule has 524 valence electrons. The van der Waals surface area contributed by atoms with Gasteiger partial charge in [0.05, 0.1) is 34.4 Å². The highest BCUT2D eigenvalue weighted by molar-refractivity contribution is 5.71. The zero-order valence-corrected chi connectivity index (χ0v) is 59.8. The molecule has 2 unspecified atom stereocenters. The number of ether oxygens (including phenoxy) is 4. The molecule has 0 aliphatic carbocycles. The minimum atomic E-state index is -1.53. The molecule has 2 atom stereocenters. The first-order chi connectivity index (χ1) is 45.6. The maximum atomic E-state index is 13.0. The Kier molecular flexibility index (Phi) is 67.9. The minimum absolute atomic E-state index is 0.175. The number of unbranched alkanes of at least 4 members (excludes halogenated alkanes) is 21. The van der Waals surface area contributed by atoms with Gasteiger partial charge in [-0.15, -0.1) is 0 Å². The van der Waals surface area contributed by atoms with Gasteiger partial charge in [0.15, 0.2) is 6.10 Å². The Balaban J connectivity index is 4.20. The third kappa shape index (κ3) is 73.7. The van der Waals surface area contributed by atoms with E-state index in [1.165, 1.54) is 89.9 Å². The summed E-state index contributed by atoms with van der Waals surface area (Å²) in [6.07, 6.45) is 107. The van der Waals surface area contributed by atoms with Gasteiger partial charge in [0.2, 0.25) is 0 Å². The summed E-state index contributed by atoms with van der Waals surface area (Å²) in [5.41, 5.74) is 0. The third-order valence-corrected chi connectivity index (χ3v) is 15.2. The summed E-state index contributed by atoms with van der Waals surface area (Å²) in [7, 11) is 5.96. The number of rotatable bonds is 66. The molecule has 0 saturated carbocycles. The van der Waals surface area contributed by atoms with E-state index < -0.39 is 24.3 Å². The van der Waals surface area contributed by atoms with Crippen molar-refractivity contribution in [2.75, 3.05) is 47.5 Å². The summed E-state index contributed by atoms with van der Waals surface area (Å²) in [4.78, 5) is 37.7. The lowest BCUT2D eigenvalue weighted by Crippen LogP contribution is -2.40. The van der Waals surface area contributed by atoms with Crippen LogP contribution < -0.4 is 0 Å². The van der Waals surface area contributed by atoms with Crippen LogP contribution in [0.15, 0.2) is 182 Å². The van der Waals surface area contributed by atoms with Gasteiger partial charge in [0.25, 0.3) is 6.29 Å². The van der Waals surface area contributed by atoms with Crippen LogP contribution in [0.1, 0.15) is 271 Å². The van der Waals surface area contributed by atoms with Gasteiger partial charge in [-0.05, 0) is 135 Å². The molecular formula is C84H136NO8+. The SMILES string of the molecule is CC/C=C\C/C=C\C/C=C\C/C=C\C/C=C\C/C=C\C/C=C\C/C=C\C/C=C\C/C=C\C/C=C\CCCCCCCC(=O)OC(COC(=O)CCCCCCCCCCCCCCCCCC/C=C\C/C=C\C/C=C\C/C=C\CC)COC(OCC[N+](C)(C)C)C(=O)O. The summed E-state index contributed by atoms with van der Waals surface area (Å²) < 4.78 is 23.0. The summed E-state index contributed by atoms with van der Waals surface area (Å²) in [6, 6.07) is 0. The van der Waals surface area contributed by atoms with Gasteiger partial charge in [-0.25, -0.2) is 4.79 Å². The van der Waals surface area contributed by atoms with Crippen LogP contribution in [-0.2, 0) is 33.3 Å². The monoisotopic (exact) mass is 1290 g/mol. The van der Waals surface area contributed by atoms with Crippen LogP contribution in [0, 0.1) is 0 Å². The van der Waals surface area contributed by atoms with E-state index in [9.17, 15) is 19.5 Å². The van der Waals surface area contributed by atoms with Gasteiger partial charge in [-0.3, -0.25) is 9.59 Å². The van der Waals surface area contributed by atoms with Crippen molar-refractivity contribution < 1.29 is 42.9 Å². The highest BCUT2D eigenvalue weighted by Crippen LogP contribution is 2.16.